The smallest absolute Gasteiger partial charge is 0.260 e. The van der Waals surface area contributed by atoms with Crippen molar-refractivity contribution in [2.24, 2.45) is 0 Å². The number of carbonyl (C=O) groups excluding carboxylic acids is 2. The molecule has 0 bridgehead atoms. The summed E-state index contributed by atoms with van der Waals surface area (Å²) >= 11 is 11.9. The average Bonchev–Trinajstić information content (AvgIpc) is 2.86. The molecule has 7 heteroatoms. The van der Waals surface area contributed by atoms with E-state index in [2.05, 4.69) is 5.32 Å². The van der Waals surface area contributed by atoms with Crippen LogP contribution in [0.3, 0.4) is 0 Å². The second kappa shape index (κ2) is 9.88. The zero-order chi connectivity index (χ0) is 18.2. The zero-order valence-corrected chi connectivity index (χ0v) is 15.9. The van der Waals surface area contributed by atoms with Crippen LogP contribution in [0.5, 0.6) is 5.75 Å². The molecule has 2 rings (SSSR count). The summed E-state index contributed by atoms with van der Waals surface area (Å²) in [6.45, 7) is 3.58. The van der Waals surface area contributed by atoms with Gasteiger partial charge in [0.2, 0.25) is 5.91 Å². The number of nitrogens with one attached hydrogen (secondary N) is 1. The molecule has 1 unspecified atom stereocenters. The number of nitrogens with zero attached hydrogens (tertiary/aromatic N) is 1. The fourth-order valence-electron chi connectivity index (χ4n) is 2.73. The molecule has 0 radical (unpaired) electrons. The van der Waals surface area contributed by atoms with E-state index >= 15 is 0 Å². The summed E-state index contributed by atoms with van der Waals surface area (Å²) in [5, 5.41) is 3.59. The Morgan fingerprint density at radius 1 is 1.20 bits per heavy atom. The van der Waals surface area contributed by atoms with E-state index in [1.54, 1.807) is 25.1 Å². The van der Waals surface area contributed by atoms with Gasteiger partial charge in [0, 0.05) is 31.1 Å². The van der Waals surface area contributed by atoms with Gasteiger partial charge in [-0.3, -0.25) is 9.59 Å². The summed E-state index contributed by atoms with van der Waals surface area (Å²) in [6, 6.07) is 4.83. The van der Waals surface area contributed by atoms with Gasteiger partial charge in [0.15, 0.2) is 6.10 Å². The fourth-order valence-corrected chi connectivity index (χ4v) is 3.18. The molecule has 25 heavy (non-hydrogen) atoms. The largest absolute Gasteiger partial charge is 0.479 e. The minimum Gasteiger partial charge on any atom is -0.479 e. The van der Waals surface area contributed by atoms with Crippen molar-refractivity contribution in [2.75, 3.05) is 19.6 Å². The maximum absolute atomic E-state index is 12.2. The van der Waals surface area contributed by atoms with Crippen molar-refractivity contribution in [1.29, 1.82) is 0 Å². The molecule has 1 heterocycles. The van der Waals surface area contributed by atoms with Crippen LogP contribution in [0, 0.1) is 0 Å². The fraction of sp³-hybridized carbons (Fsp3) is 0.556. The first-order valence-corrected chi connectivity index (χ1v) is 9.40. The molecule has 1 N–H and O–H groups in total. The van der Waals surface area contributed by atoms with Crippen LogP contribution in [0.1, 0.15) is 39.0 Å². The predicted molar refractivity (Wildman–Crippen MR) is 99.2 cm³/mol. The number of rotatable bonds is 6. The molecular weight excluding hydrogens is 363 g/mol. The van der Waals surface area contributed by atoms with E-state index in [4.69, 9.17) is 27.9 Å². The lowest BCUT2D eigenvalue weighted by Gasteiger charge is -2.20. The molecule has 1 saturated heterocycles. The van der Waals surface area contributed by atoms with Crippen molar-refractivity contribution in [1.82, 2.24) is 10.2 Å². The first-order valence-electron chi connectivity index (χ1n) is 8.64. The number of carbonyl (C=O) groups is 2. The Bertz CT molecular complexity index is 602. The number of halogens is 2. The number of likely N-dealkylation sites (tertiary alicyclic amines) is 1. The molecule has 0 saturated carbocycles. The Hall–Kier alpha value is -1.46. The van der Waals surface area contributed by atoms with Gasteiger partial charge in [-0.05, 0) is 38.0 Å². The van der Waals surface area contributed by atoms with E-state index in [1.165, 1.54) is 12.8 Å². The van der Waals surface area contributed by atoms with Crippen LogP contribution >= 0.6 is 23.2 Å². The molecule has 1 atom stereocenters. The lowest BCUT2D eigenvalue weighted by molar-refractivity contribution is -0.131. The summed E-state index contributed by atoms with van der Waals surface area (Å²) in [6.07, 6.45) is 4.08. The van der Waals surface area contributed by atoms with Gasteiger partial charge < -0.3 is 15.0 Å². The Morgan fingerprint density at radius 2 is 1.88 bits per heavy atom. The van der Waals surface area contributed by atoms with Crippen molar-refractivity contribution in [3.63, 3.8) is 0 Å². The van der Waals surface area contributed by atoms with Crippen LogP contribution in [-0.4, -0.2) is 42.5 Å². The third-order valence-electron chi connectivity index (χ3n) is 4.16. The van der Waals surface area contributed by atoms with E-state index in [0.717, 1.165) is 25.9 Å². The molecule has 1 aromatic rings. The second-order valence-electron chi connectivity index (χ2n) is 6.17. The lowest BCUT2D eigenvalue weighted by atomic mass is 10.2. The summed E-state index contributed by atoms with van der Waals surface area (Å²) < 4.78 is 5.55. The SMILES string of the molecule is CC(Oc1ccc(Cl)cc1Cl)C(=O)NCCC(=O)N1CCCCCC1. The lowest BCUT2D eigenvalue weighted by Crippen LogP contribution is -2.39. The highest BCUT2D eigenvalue weighted by atomic mass is 35.5. The highest BCUT2D eigenvalue weighted by molar-refractivity contribution is 6.35. The highest BCUT2D eigenvalue weighted by Gasteiger charge is 2.18. The van der Waals surface area contributed by atoms with Crippen LogP contribution in [0.25, 0.3) is 0 Å². The quantitative estimate of drug-likeness (QED) is 0.810. The maximum Gasteiger partial charge on any atom is 0.260 e. The van der Waals surface area contributed by atoms with E-state index in [0.29, 0.717) is 28.8 Å². The van der Waals surface area contributed by atoms with Gasteiger partial charge in [0.25, 0.3) is 5.91 Å². The third-order valence-corrected chi connectivity index (χ3v) is 4.69. The average molecular weight is 387 g/mol. The Morgan fingerprint density at radius 3 is 2.52 bits per heavy atom. The molecule has 0 spiro atoms. The van der Waals surface area contributed by atoms with Gasteiger partial charge in [-0.1, -0.05) is 36.0 Å². The molecule has 0 aromatic heterocycles. The van der Waals surface area contributed by atoms with Crippen molar-refractivity contribution in [2.45, 2.75) is 45.1 Å². The van der Waals surface area contributed by atoms with Crippen molar-refractivity contribution in [3.8, 4) is 5.75 Å². The second-order valence-corrected chi connectivity index (χ2v) is 7.01. The molecule has 2 amide bonds. The minimum absolute atomic E-state index is 0.0940. The monoisotopic (exact) mass is 386 g/mol. The summed E-state index contributed by atoms with van der Waals surface area (Å²) in [5.41, 5.74) is 0. The van der Waals surface area contributed by atoms with Crippen LogP contribution < -0.4 is 10.1 Å². The minimum atomic E-state index is -0.716. The summed E-state index contributed by atoms with van der Waals surface area (Å²) in [7, 11) is 0. The van der Waals surface area contributed by atoms with Gasteiger partial charge in [0.05, 0.1) is 5.02 Å². The molecule has 1 aromatic carbocycles. The molecule has 1 fully saturated rings. The molecule has 138 valence electrons. The Labute approximate surface area is 158 Å². The van der Waals surface area contributed by atoms with E-state index in [1.807, 2.05) is 4.90 Å². The Kier molecular flexibility index (Phi) is 7.85. The van der Waals surface area contributed by atoms with Gasteiger partial charge in [0.1, 0.15) is 5.75 Å². The maximum atomic E-state index is 12.2. The first-order chi connectivity index (χ1) is 12.0. The summed E-state index contributed by atoms with van der Waals surface area (Å²) in [5.74, 6) is 0.209. The van der Waals surface area contributed by atoms with E-state index in [9.17, 15) is 9.59 Å². The Balaban J connectivity index is 1.74. The molecular formula is C18H24Cl2N2O3. The highest BCUT2D eigenvalue weighted by Crippen LogP contribution is 2.28. The van der Waals surface area contributed by atoms with Crippen LogP contribution in [0.15, 0.2) is 18.2 Å². The molecule has 1 aliphatic rings. The van der Waals surface area contributed by atoms with Gasteiger partial charge in [-0.15, -0.1) is 0 Å². The number of amides is 2. The molecule has 0 aliphatic carbocycles. The number of benzene rings is 1. The third kappa shape index (κ3) is 6.40. The van der Waals surface area contributed by atoms with Crippen LogP contribution in [0.4, 0.5) is 0 Å². The van der Waals surface area contributed by atoms with Gasteiger partial charge in [-0.2, -0.15) is 0 Å². The molecule has 1 aliphatic heterocycles. The van der Waals surface area contributed by atoms with Crippen molar-refractivity contribution < 1.29 is 14.3 Å². The van der Waals surface area contributed by atoms with Gasteiger partial charge in [-0.25, -0.2) is 0 Å². The van der Waals surface area contributed by atoms with Crippen LogP contribution in [-0.2, 0) is 9.59 Å². The molecule has 5 nitrogen and oxygen atoms in total. The van der Waals surface area contributed by atoms with Crippen molar-refractivity contribution >= 4 is 35.0 Å². The predicted octanol–water partition coefficient (Wildman–Crippen LogP) is 3.67. The number of hydrogen-bond acceptors (Lipinski definition) is 3. The first kappa shape index (κ1) is 19.9. The zero-order valence-electron chi connectivity index (χ0n) is 14.4. The van der Waals surface area contributed by atoms with Gasteiger partial charge >= 0.3 is 0 Å². The van der Waals surface area contributed by atoms with E-state index in [-0.39, 0.29) is 11.8 Å². The standard InChI is InChI=1S/C18H24Cl2N2O3/c1-13(25-16-7-6-14(19)12-15(16)20)18(24)21-9-8-17(23)22-10-4-2-3-5-11-22/h6-7,12-13H,2-5,8-11H2,1H3,(H,21,24). The van der Waals surface area contributed by atoms with Crippen molar-refractivity contribution in [3.05, 3.63) is 28.2 Å². The van der Waals surface area contributed by atoms with Crippen LogP contribution in [0.2, 0.25) is 10.0 Å². The van der Waals surface area contributed by atoms with E-state index < -0.39 is 6.10 Å². The normalized spacial score (nSPS) is 16.0. The topological polar surface area (TPSA) is 58.6 Å². The summed E-state index contributed by atoms with van der Waals surface area (Å²) in [4.78, 5) is 26.2. The number of ether oxygens (including phenoxy) is 1. The number of hydrogen-bond donors (Lipinski definition) is 1.